The number of hydrogen-bond acceptors (Lipinski definition) is 3. The number of rotatable bonds is 4. The van der Waals surface area contributed by atoms with Crippen molar-refractivity contribution in [2.75, 3.05) is 13.6 Å². The van der Waals surface area contributed by atoms with Crippen LogP contribution in [0.2, 0.25) is 0 Å². The molecule has 2 aromatic rings. The van der Waals surface area contributed by atoms with Gasteiger partial charge in [-0.3, -0.25) is 0 Å². The highest BCUT2D eigenvalue weighted by atomic mass is 32.1. The van der Waals surface area contributed by atoms with Crippen molar-refractivity contribution in [2.24, 2.45) is 0 Å². The normalized spacial score (nSPS) is 11.5. The maximum Gasteiger partial charge on any atom is 0.0963 e. The van der Waals surface area contributed by atoms with Gasteiger partial charge in [0.15, 0.2) is 0 Å². The predicted molar refractivity (Wildman–Crippen MR) is 71.3 cm³/mol. The summed E-state index contributed by atoms with van der Waals surface area (Å²) in [5.74, 6) is 0.526. The minimum Gasteiger partial charge on any atom is -0.319 e. The van der Waals surface area contributed by atoms with E-state index in [2.05, 4.69) is 42.3 Å². The van der Waals surface area contributed by atoms with E-state index in [4.69, 9.17) is 0 Å². The van der Waals surface area contributed by atoms with E-state index in [1.165, 1.54) is 15.3 Å². The van der Waals surface area contributed by atoms with Crippen LogP contribution >= 0.6 is 11.3 Å². The van der Waals surface area contributed by atoms with E-state index in [9.17, 15) is 0 Å². The Morgan fingerprint density at radius 1 is 1.38 bits per heavy atom. The van der Waals surface area contributed by atoms with Crippen LogP contribution in [-0.2, 0) is 6.42 Å². The third kappa shape index (κ3) is 2.42. The second-order valence-electron chi connectivity index (χ2n) is 4.36. The van der Waals surface area contributed by atoms with Crippen molar-refractivity contribution < 1.29 is 0 Å². The standard InChI is InChI=1S/C13H18N2S/c1-9(2)13-15-11-5-4-10(6-7-14-3)8-12(11)16-13/h4-5,8-9,14H,6-7H2,1-3H3. The van der Waals surface area contributed by atoms with Gasteiger partial charge in [-0.25, -0.2) is 4.98 Å². The first-order chi connectivity index (χ1) is 7.70. The average Bonchev–Trinajstić information content (AvgIpc) is 2.69. The molecule has 16 heavy (non-hydrogen) atoms. The lowest BCUT2D eigenvalue weighted by atomic mass is 10.1. The van der Waals surface area contributed by atoms with Crippen LogP contribution < -0.4 is 5.32 Å². The first-order valence-corrected chi connectivity index (χ1v) is 6.56. The fourth-order valence-corrected chi connectivity index (χ4v) is 2.69. The quantitative estimate of drug-likeness (QED) is 0.879. The van der Waals surface area contributed by atoms with Gasteiger partial charge in [-0.1, -0.05) is 19.9 Å². The zero-order valence-corrected chi connectivity index (χ0v) is 10.9. The van der Waals surface area contributed by atoms with E-state index in [1.54, 1.807) is 0 Å². The van der Waals surface area contributed by atoms with E-state index >= 15 is 0 Å². The minimum absolute atomic E-state index is 0.526. The lowest BCUT2D eigenvalue weighted by Gasteiger charge is -1.99. The van der Waals surface area contributed by atoms with Crippen LogP contribution in [0.15, 0.2) is 18.2 Å². The molecule has 1 aromatic heterocycles. The van der Waals surface area contributed by atoms with Gasteiger partial charge in [-0.2, -0.15) is 0 Å². The molecule has 1 heterocycles. The number of benzene rings is 1. The summed E-state index contributed by atoms with van der Waals surface area (Å²) >= 11 is 1.82. The van der Waals surface area contributed by atoms with Crippen molar-refractivity contribution in [2.45, 2.75) is 26.2 Å². The minimum atomic E-state index is 0.526. The molecule has 0 bridgehead atoms. The topological polar surface area (TPSA) is 24.9 Å². The molecular weight excluding hydrogens is 216 g/mol. The van der Waals surface area contributed by atoms with Gasteiger partial charge < -0.3 is 5.32 Å². The van der Waals surface area contributed by atoms with Crippen molar-refractivity contribution in [3.63, 3.8) is 0 Å². The number of fused-ring (bicyclic) bond motifs is 1. The van der Waals surface area contributed by atoms with Crippen LogP contribution in [-0.4, -0.2) is 18.6 Å². The van der Waals surface area contributed by atoms with E-state index in [0.29, 0.717) is 5.92 Å². The molecule has 2 rings (SSSR count). The maximum absolute atomic E-state index is 4.64. The summed E-state index contributed by atoms with van der Waals surface area (Å²) in [7, 11) is 1.99. The smallest absolute Gasteiger partial charge is 0.0963 e. The largest absolute Gasteiger partial charge is 0.319 e. The molecule has 86 valence electrons. The summed E-state index contributed by atoms with van der Waals surface area (Å²) in [5, 5.41) is 4.41. The van der Waals surface area contributed by atoms with Crippen molar-refractivity contribution in [1.29, 1.82) is 0 Å². The maximum atomic E-state index is 4.64. The molecule has 2 nitrogen and oxygen atoms in total. The average molecular weight is 234 g/mol. The van der Waals surface area contributed by atoms with Crippen LogP contribution in [0.1, 0.15) is 30.3 Å². The zero-order chi connectivity index (χ0) is 11.5. The Bertz CT molecular complexity index is 474. The number of aromatic nitrogens is 1. The Morgan fingerprint density at radius 3 is 2.88 bits per heavy atom. The highest BCUT2D eigenvalue weighted by Gasteiger charge is 2.07. The highest BCUT2D eigenvalue weighted by molar-refractivity contribution is 7.18. The Kier molecular flexibility index (Phi) is 3.56. The third-order valence-electron chi connectivity index (χ3n) is 2.63. The van der Waals surface area contributed by atoms with Crippen molar-refractivity contribution >= 4 is 21.6 Å². The van der Waals surface area contributed by atoms with Gasteiger partial charge in [-0.15, -0.1) is 11.3 Å². The van der Waals surface area contributed by atoms with Crippen LogP contribution in [0.3, 0.4) is 0 Å². The zero-order valence-electron chi connectivity index (χ0n) is 10.1. The first kappa shape index (κ1) is 11.6. The Balaban J connectivity index is 2.30. The van der Waals surface area contributed by atoms with Crippen LogP contribution in [0.4, 0.5) is 0 Å². The Morgan fingerprint density at radius 2 is 2.19 bits per heavy atom. The molecule has 0 atom stereocenters. The lowest BCUT2D eigenvalue weighted by molar-refractivity contribution is 0.792. The number of thiazole rings is 1. The highest BCUT2D eigenvalue weighted by Crippen LogP contribution is 2.27. The number of hydrogen-bond donors (Lipinski definition) is 1. The molecule has 0 unspecified atom stereocenters. The molecule has 0 saturated heterocycles. The number of nitrogens with zero attached hydrogens (tertiary/aromatic N) is 1. The number of likely N-dealkylation sites (N-methyl/N-ethyl adjacent to an activating group) is 1. The van der Waals surface area contributed by atoms with Gasteiger partial charge in [0.25, 0.3) is 0 Å². The van der Waals surface area contributed by atoms with Crippen LogP contribution in [0.5, 0.6) is 0 Å². The molecule has 1 aromatic carbocycles. The first-order valence-electron chi connectivity index (χ1n) is 5.74. The van der Waals surface area contributed by atoms with E-state index in [0.717, 1.165) is 18.5 Å². The molecule has 0 spiro atoms. The lowest BCUT2D eigenvalue weighted by Crippen LogP contribution is -2.09. The Labute approximate surface area is 101 Å². The molecule has 1 N–H and O–H groups in total. The van der Waals surface area contributed by atoms with Crippen molar-refractivity contribution in [1.82, 2.24) is 10.3 Å². The fraction of sp³-hybridized carbons (Fsp3) is 0.462. The summed E-state index contributed by atoms with van der Waals surface area (Å²) in [4.78, 5) is 4.64. The van der Waals surface area contributed by atoms with Crippen molar-refractivity contribution in [3.05, 3.63) is 28.8 Å². The third-order valence-corrected chi connectivity index (χ3v) is 3.95. The molecule has 0 aliphatic heterocycles. The van der Waals surface area contributed by atoms with Gasteiger partial charge in [0.05, 0.1) is 15.2 Å². The fourth-order valence-electron chi connectivity index (χ4n) is 1.66. The summed E-state index contributed by atoms with van der Waals surface area (Å²) in [5.41, 5.74) is 2.53. The SMILES string of the molecule is CNCCc1ccc2nc(C(C)C)sc2c1. The second-order valence-corrected chi connectivity index (χ2v) is 5.42. The van der Waals surface area contributed by atoms with E-state index in [-0.39, 0.29) is 0 Å². The molecule has 0 amide bonds. The van der Waals surface area contributed by atoms with Gasteiger partial charge in [0, 0.05) is 5.92 Å². The predicted octanol–water partition coefficient (Wildman–Crippen LogP) is 3.18. The second kappa shape index (κ2) is 4.93. The Hall–Kier alpha value is -0.930. The molecule has 0 aliphatic carbocycles. The monoisotopic (exact) mass is 234 g/mol. The molecule has 0 aliphatic rings. The summed E-state index contributed by atoms with van der Waals surface area (Å²) in [6.45, 7) is 5.42. The molecule has 0 fully saturated rings. The summed E-state index contributed by atoms with van der Waals surface area (Å²) < 4.78 is 1.32. The van der Waals surface area contributed by atoms with Gasteiger partial charge >= 0.3 is 0 Å². The molecule has 0 radical (unpaired) electrons. The van der Waals surface area contributed by atoms with Gasteiger partial charge in [0.2, 0.25) is 0 Å². The summed E-state index contributed by atoms with van der Waals surface area (Å²) in [6.07, 6.45) is 1.08. The van der Waals surface area contributed by atoms with Crippen LogP contribution in [0.25, 0.3) is 10.2 Å². The molecular formula is C13H18N2S. The van der Waals surface area contributed by atoms with E-state index < -0.39 is 0 Å². The van der Waals surface area contributed by atoms with Crippen molar-refractivity contribution in [3.8, 4) is 0 Å². The molecule has 0 saturated carbocycles. The van der Waals surface area contributed by atoms with E-state index in [1.807, 2.05) is 18.4 Å². The molecule has 3 heteroatoms. The number of nitrogens with one attached hydrogen (secondary N) is 1. The summed E-state index contributed by atoms with van der Waals surface area (Å²) in [6, 6.07) is 6.60. The van der Waals surface area contributed by atoms with Gasteiger partial charge in [0.1, 0.15) is 0 Å². The van der Waals surface area contributed by atoms with Crippen LogP contribution in [0, 0.1) is 0 Å². The van der Waals surface area contributed by atoms with Gasteiger partial charge in [-0.05, 0) is 37.7 Å².